The number of carbonyl (C=O) groups excluding carboxylic acids is 1. The molecule has 0 radical (unpaired) electrons. The number of hydrogen-bond acceptors (Lipinski definition) is 4. The molecule has 0 saturated heterocycles. The van der Waals surface area contributed by atoms with Crippen LogP contribution >= 0.6 is 0 Å². The van der Waals surface area contributed by atoms with Gasteiger partial charge in [0, 0.05) is 6.04 Å². The smallest absolute Gasteiger partial charge is 0.274 e. The second-order valence-electron chi connectivity index (χ2n) is 3.17. The number of hydrogen-bond donors (Lipinski definition) is 1. The second kappa shape index (κ2) is 3.21. The average Bonchev–Trinajstić information content (AvgIpc) is 2.81. The van der Waals surface area contributed by atoms with Crippen LogP contribution in [-0.4, -0.2) is 20.7 Å². The Bertz CT molecular complexity index is 444. The molecule has 1 N–H and O–H groups in total. The van der Waals surface area contributed by atoms with Gasteiger partial charge in [-0.05, 0) is 25.0 Å². The van der Waals surface area contributed by atoms with Crippen LogP contribution < -0.4 is 4.72 Å². The first-order valence-corrected chi connectivity index (χ1v) is 5.67. The Labute approximate surface area is 81.2 Å². The molecule has 0 atom stereocenters. The molecule has 1 aliphatic rings. The van der Waals surface area contributed by atoms with E-state index < -0.39 is 10.0 Å². The number of nitrogens with one attached hydrogen (secondary N) is 1. The van der Waals surface area contributed by atoms with Gasteiger partial charge >= 0.3 is 0 Å². The summed E-state index contributed by atoms with van der Waals surface area (Å²) in [6.07, 6.45) is 2.19. The summed E-state index contributed by atoms with van der Waals surface area (Å²) in [4.78, 5) is 10.3. The summed E-state index contributed by atoms with van der Waals surface area (Å²) in [5.74, 6) is 0.0150. The van der Waals surface area contributed by atoms with Crippen LogP contribution in [0.4, 0.5) is 0 Å². The van der Waals surface area contributed by atoms with Crippen LogP contribution in [0.3, 0.4) is 0 Å². The maximum atomic E-state index is 11.5. The lowest BCUT2D eigenvalue weighted by molar-refractivity contribution is 0.109. The molecule has 1 fully saturated rings. The Morgan fingerprint density at radius 1 is 1.43 bits per heavy atom. The zero-order valence-electron chi connectivity index (χ0n) is 7.26. The fourth-order valence-corrected chi connectivity index (χ4v) is 2.26. The van der Waals surface area contributed by atoms with E-state index in [1.807, 2.05) is 0 Å². The lowest BCUT2D eigenvalue weighted by Crippen LogP contribution is -2.25. The van der Waals surface area contributed by atoms with Crippen LogP contribution in [0, 0.1) is 0 Å². The molecular formula is C8H9NO4S. The minimum Gasteiger partial charge on any atom is -0.440 e. The summed E-state index contributed by atoms with van der Waals surface area (Å²) in [7, 11) is -3.56. The molecule has 1 heterocycles. The van der Waals surface area contributed by atoms with E-state index >= 15 is 0 Å². The highest BCUT2D eigenvalue weighted by molar-refractivity contribution is 7.89. The summed E-state index contributed by atoms with van der Waals surface area (Å²) in [5, 5.41) is -0.202. The quantitative estimate of drug-likeness (QED) is 0.743. The summed E-state index contributed by atoms with van der Waals surface area (Å²) in [5.41, 5.74) is 0. The molecule has 14 heavy (non-hydrogen) atoms. The summed E-state index contributed by atoms with van der Waals surface area (Å²) in [6, 6.07) is 2.63. The van der Waals surface area contributed by atoms with Gasteiger partial charge < -0.3 is 4.42 Å². The Hall–Kier alpha value is -1.14. The van der Waals surface area contributed by atoms with E-state index in [0.717, 1.165) is 12.8 Å². The van der Waals surface area contributed by atoms with E-state index in [0.29, 0.717) is 6.29 Å². The fraction of sp³-hybridized carbons (Fsp3) is 0.375. The molecule has 0 amide bonds. The monoisotopic (exact) mass is 215 g/mol. The third kappa shape index (κ3) is 1.85. The van der Waals surface area contributed by atoms with Crippen molar-refractivity contribution in [3.05, 3.63) is 17.9 Å². The van der Waals surface area contributed by atoms with Crippen LogP contribution in [0.15, 0.2) is 21.6 Å². The van der Waals surface area contributed by atoms with E-state index in [-0.39, 0.29) is 16.9 Å². The number of rotatable bonds is 4. The SMILES string of the molecule is O=Cc1ccc(S(=O)(=O)NC2CC2)o1. The van der Waals surface area contributed by atoms with Gasteiger partial charge in [-0.15, -0.1) is 0 Å². The molecule has 0 bridgehead atoms. The van der Waals surface area contributed by atoms with Gasteiger partial charge in [0.25, 0.3) is 10.0 Å². The molecule has 5 nitrogen and oxygen atoms in total. The summed E-state index contributed by atoms with van der Waals surface area (Å²) >= 11 is 0. The first-order valence-electron chi connectivity index (χ1n) is 4.19. The average molecular weight is 215 g/mol. The predicted molar refractivity (Wildman–Crippen MR) is 47.4 cm³/mol. The molecular weight excluding hydrogens is 206 g/mol. The highest BCUT2D eigenvalue weighted by atomic mass is 32.2. The molecule has 1 saturated carbocycles. The molecule has 0 unspecified atom stereocenters. The topological polar surface area (TPSA) is 76.4 Å². The fourth-order valence-electron chi connectivity index (χ4n) is 1.02. The van der Waals surface area contributed by atoms with Gasteiger partial charge in [0.15, 0.2) is 12.0 Å². The van der Waals surface area contributed by atoms with Gasteiger partial charge in [0.1, 0.15) is 0 Å². The van der Waals surface area contributed by atoms with Gasteiger partial charge in [-0.25, -0.2) is 13.1 Å². The van der Waals surface area contributed by atoms with Crippen molar-refractivity contribution in [1.82, 2.24) is 4.72 Å². The van der Waals surface area contributed by atoms with Crippen molar-refractivity contribution in [3.63, 3.8) is 0 Å². The van der Waals surface area contributed by atoms with Gasteiger partial charge in [0.05, 0.1) is 0 Å². The third-order valence-corrected chi connectivity index (χ3v) is 3.28. The Morgan fingerprint density at radius 2 is 2.14 bits per heavy atom. The van der Waals surface area contributed by atoms with E-state index in [1.165, 1.54) is 12.1 Å². The molecule has 0 aliphatic heterocycles. The number of sulfonamides is 1. The van der Waals surface area contributed by atoms with E-state index in [4.69, 9.17) is 4.42 Å². The maximum Gasteiger partial charge on any atom is 0.274 e. The maximum absolute atomic E-state index is 11.5. The molecule has 0 spiro atoms. The lowest BCUT2D eigenvalue weighted by Gasteiger charge is -2.00. The minimum absolute atomic E-state index is 0.0150. The van der Waals surface area contributed by atoms with Gasteiger partial charge in [0.2, 0.25) is 5.09 Å². The van der Waals surface area contributed by atoms with Crippen molar-refractivity contribution in [1.29, 1.82) is 0 Å². The highest BCUT2D eigenvalue weighted by Crippen LogP contribution is 2.22. The van der Waals surface area contributed by atoms with E-state index in [9.17, 15) is 13.2 Å². The van der Waals surface area contributed by atoms with Crippen LogP contribution in [0.1, 0.15) is 23.4 Å². The molecule has 6 heteroatoms. The van der Waals surface area contributed by atoms with Gasteiger partial charge in [-0.2, -0.15) is 0 Å². The zero-order chi connectivity index (χ0) is 10.2. The standard InChI is InChI=1S/C8H9NO4S/c10-5-7-3-4-8(13-7)14(11,12)9-6-1-2-6/h3-6,9H,1-2H2. The number of furan rings is 1. The van der Waals surface area contributed by atoms with Crippen molar-refractivity contribution in [2.75, 3.05) is 0 Å². The van der Waals surface area contributed by atoms with Crippen molar-refractivity contribution in [2.45, 2.75) is 24.0 Å². The number of carbonyl (C=O) groups is 1. The minimum atomic E-state index is -3.56. The largest absolute Gasteiger partial charge is 0.440 e. The Kier molecular flexibility index (Phi) is 2.16. The summed E-state index contributed by atoms with van der Waals surface area (Å²) in [6.45, 7) is 0. The molecule has 0 aromatic carbocycles. The zero-order valence-corrected chi connectivity index (χ0v) is 8.08. The lowest BCUT2D eigenvalue weighted by atomic mass is 10.5. The molecule has 1 aromatic heterocycles. The summed E-state index contributed by atoms with van der Waals surface area (Å²) < 4.78 is 30.2. The molecule has 1 aromatic rings. The van der Waals surface area contributed by atoms with Crippen LogP contribution in [-0.2, 0) is 10.0 Å². The first-order chi connectivity index (χ1) is 6.62. The Morgan fingerprint density at radius 3 is 2.64 bits per heavy atom. The van der Waals surface area contributed by atoms with Crippen molar-refractivity contribution < 1.29 is 17.6 Å². The van der Waals surface area contributed by atoms with E-state index in [2.05, 4.69) is 4.72 Å². The van der Waals surface area contributed by atoms with Crippen LogP contribution in [0.25, 0.3) is 0 Å². The van der Waals surface area contributed by atoms with Crippen LogP contribution in [0.2, 0.25) is 0 Å². The Balaban J connectivity index is 2.23. The molecule has 2 rings (SSSR count). The van der Waals surface area contributed by atoms with Crippen LogP contribution in [0.5, 0.6) is 0 Å². The molecule has 1 aliphatic carbocycles. The third-order valence-electron chi connectivity index (χ3n) is 1.88. The highest BCUT2D eigenvalue weighted by Gasteiger charge is 2.29. The number of aldehydes is 1. The van der Waals surface area contributed by atoms with Crippen molar-refractivity contribution in [2.24, 2.45) is 0 Å². The normalized spacial score (nSPS) is 16.9. The first kappa shape index (κ1) is 9.42. The van der Waals surface area contributed by atoms with E-state index in [1.54, 1.807) is 0 Å². The predicted octanol–water partition coefficient (Wildman–Crippen LogP) is 0.533. The van der Waals surface area contributed by atoms with Crippen molar-refractivity contribution >= 4 is 16.3 Å². The van der Waals surface area contributed by atoms with Gasteiger partial charge in [-0.3, -0.25) is 4.79 Å². The second-order valence-corrected chi connectivity index (χ2v) is 4.82. The molecule has 76 valence electrons. The van der Waals surface area contributed by atoms with Gasteiger partial charge in [-0.1, -0.05) is 0 Å². The van der Waals surface area contributed by atoms with Crippen molar-refractivity contribution in [3.8, 4) is 0 Å².